The molecule has 0 aliphatic carbocycles. The van der Waals surface area contributed by atoms with Gasteiger partial charge >= 0.3 is 12.1 Å². The molecule has 2 atom stereocenters. The third-order valence-electron chi connectivity index (χ3n) is 2.64. The van der Waals surface area contributed by atoms with Crippen LogP contribution in [-0.2, 0) is 20.9 Å². The van der Waals surface area contributed by atoms with Gasteiger partial charge in [-0.15, -0.1) is 0 Å². The number of carbonyl (C=O) groups is 2. The van der Waals surface area contributed by atoms with E-state index in [4.69, 9.17) is 5.73 Å². The second kappa shape index (κ2) is 7.07. The van der Waals surface area contributed by atoms with Gasteiger partial charge in [-0.3, -0.25) is 4.79 Å². The molecule has 0 aliphatic heterocycles. The van der Waals surface area contributed by atoms with Gasteiger partial charge in [0.25, 0.3) is 0 Å². The number of hydrogen-bond acceptors (Lipinski definition) is 4. The molecule has 0 spiro atoms. The molecular formula is C13H15F3N2O3. The SMILES string of the molecule is C[C@@H](OC(=O)C(F)(F)F)[C@H](N)C(=O)NCc1ccccc1. The predicted octanol–water partition coefficient (Wildman–Crippen LogP) is 1.12. The summed E-state index contributed by atoms with van der Waals surface area (Å²) in [4.78, 5) is 22.3. The van der Waals surface area contributed by atoms with Crippen molar-refractivity contribution in [2.75, 3.05) is 0 Å². The van der Waals surface area contributed by atoms with Gasteiger partial charge in [-0.2, -0.15) is 13.2 Å². The van der Waals surface area contributed by atoms with Crippen LogP contribution in [0.3, 0.4) is 0 Å². The van der Waals surface area contributed by atoms with Gasteiger partial charge in [0.15, 0.2) is 0 Å². The number of rotatable bonds is 5. The number of nitrogens with two attached hydrogens (primary N) is 1. The number of esters is 1. The van der Waals surface area contributed by atoms with E-state index >= 15 is 0 Å². The standard InChI is InChI=1S/C13H15F3N2O3/c1-8(21-12(20)13(14,15)16)10(17)11(19)18-7-9-5-3-2-4-6-9/h2-6,8,10H,7,17H2,1H3,(H,18,19)/t8-,10+/m1/s1. The van der Waals surface area contributed by atoms with E-state index in [1.54, 1.807) is 30.3 Å². The van der Waals surface area contributed by atoms with Crippen LogP contribution in [0.15, 0.2) is 30.3 Å². The zero-order valence-electron chi connectivity index (χ0n) is 11.2. The van der Waals surface area contributed by atoms with Gasteiger partial charge in [-0.05, 0) is 12.5 Å². The van der Waals surface area contributed by atoms with E-state index in [1.807, 2.05) is 0 Å². The Morgan fingerprint density at radius 2 is 1.86 bits per heavy atom. The number of hydrogen-bond donors (Lipinski definition) is 2. The van der Waals surface area contributed by atoms with Crippen molar-refractivity contribution < 1.29 is 27.5 Å². The van der Waals surface area contributed by atoms with Crippen LogP contribution in [0.4, 0.5) is 13.2 Å². The molecular weight excluding hydrogens is 289 g/mol. The molecule has 0 radical (unpaired) electrons. The summed E-state index contributed by atoms with van der Waals surface area (Å²) < 4.78 is 40.2. The highest BCUT2D eigenvalue weighted by molar-refractivity contribution is 5.83. The lowest BCUT2D eigenvalue weighted by molar-refractivity contribution is -0.204. The molecule has 0 saturated heterocycles. The van der Waals surface area contributed by atoms with Crippen LogP contribution in [0.25, 0.3) is 0 Å². The van der Waals surface area contributed by atoms with Crippen molar-refractivity contribution >= 4 is 11.9 Å². The average molecular weight is 304 g/mol. The summed E-state index contributed by atoms with van der Waals surface area (Å²) in [6.45, 7) is 1.30. The summed E-state index contributed by atoms with van der Waals surface area (Å²) in [6.07, 6.45) is -6.51. The average Bonchev–Trinajstić information content (AvgIpc) is 2.43. The van der Waals surface area contributed by atoms with Gasteiger partial charge in [-0.1, -0.05) is 30.3 Å². The Morgan fingerprint density at radius 1 is 1.29 bits per heavy atom. The summed E-state index contributed by atoms with van der Waals surface area (Å²) >= 11 is 0. The van der Waals surface area contributed by atoms with Crippen molar-refractivity contribution in [3.63, 3.8) is 0 Å². The molecule has 0 saturated carbocycles. The fraction of sp³-hybridized carbons (Fsp3) is 0.385. The lowest BCUT2D eigenvalue weighted by Crippen LogP contribution is -2.49. The molecule has 1 rings (SSSR count). The van der Waals surface area contributed by atoms with Crippen molar-refractivity contribution in [3.05, 3.63) is 35.9 Å². The summed E-state index contributed by atoms with van der Waals surface area (Å²) in [5.74, 6) is -3.08. The second-order valence-electron chi connectivity index (χ2n) is 4.34. The zero-order chi connectivity index (χ0) is 16.0. The molecule has 116 valence electrons. The van der Waals surface area contributed by atoms with Crippen molar-refractivity contribution in [1.82, 2.24) is 5.32 Å². The molecule has 0 aromatic heterocycles. The topological polar surface area (TPSA) is 81.4 Å². The third kappa shape index (κ3) is 5.42. The monoisotopic (exact) mass is 304 g/mol. The minimum atomic E-state index is -5.12. The molecule has 0 fully saturated rings. The van der Waals surface area contributed by atoms with Gasteiger partial charge in [0, 0.05) is 6.54 Å². The molecule has 21 heavy (non-hydrogen) atoms. The highest BCUT2D eigenvalue weighted by Crippen LogP contribution is 2.18. The van der Waals surface area contributed by atoms with Crippen molar-refractivity contribution in [1.29, 1.82) is 0 Å². The Morgan fingerprint density at radius 3 is 2.38 bits per heavy atom. The van der Waals surface area contributed by atoms with Gasteiger partial charge in [0.05, 0.1) is 0 Å². The summed E-state index contributed by atoms with van der Waals surface area (Å²) in [5.41, 5.74) is 6.26. The first-order chi connectivity index (χ1) is 9.71. The van der Waals surface area contributed by atoms with E-state index in [2.05, 4.69) is 10.1 Å². The maximum absolute atomic E-state index is 12.0. The van der Waals surface area contributed by atoms with Crippen LogP contribution in [-0.4, -0.2) is 30.2 Å². The maximum Gasteiger partial charge on any atom is 0.490 e. The van der Waals surface area contributed by atoms with Crippen LogP contribution in [0.1, 0.15) is 12.5 Å². The highest BCUT2D eigenvalue weighted by atomic mass is 19.4. The Balaban J connectivity index is 2.48. The molecule has 0 unspecified atom stereocenters. The smallest absolute Gasteiger partial charge is 0.454 e. The summed E-state index contributed by atoms with van der Waals surface area (Å²) in [6, 6.07) is 7.48. The Kier molecular flexibility index (Phi) is 5.71. The van der Waals surface area contributed by atoms with Crippen LogP contribution in [0, 0.1) is 0 Å². The first kappa shape index (κ1) is 17.0. The molecule has 5 nitrogen and oxygen atoms in total. The Labute approximate surface area is 119 Å². The minimum Gasteiger partial charge on any atom is -0.454 e. The molecule has 8 heteroatoms. The van der Waals surface area contributed by atoms with Crippen LogP contribution < -0.4 is 11.1 Å². The number of amides is 1. The number of alkyl halides is 3. The number of nitrogens with one attached hydrogen (secondary N) is 1. The van der Waals surface area contributed by atoms with E-state index in [0.29, 0.717) is 0 Å². The highest BCUT2D eigenvalue weighted by Gasteiger charge is 2.42. The van der Waals surface area contributed by atoms with E-state index in [1.165, 1.54) is 0 Å². The first-order valence-corrected chi connectivity index (χ1v) is 6.07. The van der Waals surface area contributed by atoms with Crippen molar-refractivity contribution in [2.24, 2.45) is 5.73 Å². The van der Waals surface area contributed by atoms with Crippen molar-refractivity contribution in [3.8, 4) is 0 Å². The van der Waals surface area contributed by atoms with Gasteiger partial charge in [0.2, 0.25) is 5.91 Å². The number of halogens is 3. The first-order valence-electron chi connectivity index (χ1n) is 6.07. The number of ether oxygens (including phenoxy) is 1. The fourth-order valence-electron chi connectivity index (χ4n) is 1.43. The predicted molar refractivity (Wildman–Crippen MR) is 67.9 cm³/mol. The molecule has 3 N–H and O–H groups in total. The number of carbonyl (C=O) groups excluding carboxylic acids is 2. The quantitative estimate of drug-likeness (QED) is 0.799. The van der Waals surface area contributed by atoms with E-state index < -0.39 is 30.2 Å². The fourth-order valence-corrected chi connectivity index (χ4v) is 1.43. The van der Waals surface area contributed by atoms with E-state index in [0.717, 1.165) is 12.5 Å². The zero-order valence-corrected chi connectivity index (χ0v) is 11.2. The third-order valence-corrected chi connectivity index (χ3v) is 2.64. The van der Waals surface area contributed by atoms with Crippen molar-refractivity contribution in [2.45, 2.75) is 31.8 Å². The Bertz CT molecular complexity index is 491. The number of benzene rings is 1. The molecule has 0 aliphatic rings. The lowest BCUT2D eigenvalue weighted by atomic mass is 10.1. The normalized spacial score (nSPS) is 14.1. The molecule has 1 aromatic rings. The lowest BCUT2D eigenvalue weighted by Gasteiger charge is -2.20. The van der Waals surface area contributed by atoms with Gasteiger partial charge in [0.1, 0.15) is 12.1 Å². The van der Waals surface area contributed by atoms with Crippen LogP contribution in [0.5, 0.6) is 0 Å². The van der Waals surface area contributed by atoms with Gasteiger partial charge in [-0.25, -0.2) is 4.79 Å². The summed E-state index contributed by atoms with van der Waals surface area (Å²) in [5, 5.41) is 2.46. The van der Waals surface area contributed by atoms with Gasteiger partial charge < -0.3 is 15.8 Å². The van der Waals surface area contributed by atoms with E-state index in [9.17, 15) is 22.8 Å². The molecule has 0 bridgehead atoms. The minimum absolute atomic E-state index is 0.174. The molecule has 1 aromatic carbocycles. The second-order valence-corrected chi connectivity index (χ2v) is 4.34. The largest absolute Gasteiger partial charge is 0.490 e. The Hall–Kier alpha value is -2.09. The molecule has 0 heterocycles. The van der Waals surface area contributed by atoms with Crippen LogP contribution >= 0.6 is 0 Å². The maximum atomic E-state index is 12.0. The summed E-state index contributed by atoms with van der Waals surface area (Å²) in [7, 11) is 0. The molecule has 1 amide bonds. The van der Waals surface area contributed by atoms with Crippen LogP contribution in [0.2, 0.25) is 0 Å². The van der Waals surface area contributed by atoms with E-state index in [-0.39, 0.29) is 6.54 Å².